The largest absolute Gasteiger partial charge is 0.497 e. The number of benzene rings is 1. The number of rotatable bonds is 7. The molecule has 0 unspecified atom stereocenters. The number of nitrogens with one attached hydrogen (secondary N) is 2. The van der Waals surface area contributed by atoms with Gasteiger partial charge in [-0.1, -0.05) is 31.4 Å². The number of methoxy groups -OCH3 is 1. The van der Waals surface area contributed by atoms with Crippen molar-refractivity contribution in [3.63, 3.8) is 0 Å². The van der Waals surface area contributed by atoms with Gasteiger partial charge in [-0.2, -0.15) is 0 Å². The molecule has 0 aromatic heterocycles. The van der Waals surface area contributed by atoms with Crippen molar-refractivity contribution in [2.24, 2.45) is 0 Å². The Morgan fingerprint density at radius 1 is 1.21 bits per heavy atom. The third kappa shape index (κ3) is 6.13. The molecule has 24 heavy (non-hydrogen) atoms. The molecule has 0 aliphatic heterocycles. The van der Waals surface area contributed by atoms with Gasteiger partial charge in [-0.3, -0.25) is 4.79 Å². The SMILES string of the molecule is COc1ccc([C@H](CC(=O)NC2CCCCC2)NS(C)(=O)=O)cc1. The molecule has 6 nitrogen and oxygen atoms in total. The zero-order valence-corrected chi connectivity index (χ0v) is 15.1. The van der Waals surface area contributed by atoms with Gasteiger partial charge < -0.3 is 10.1 Å². The van der Waals surface area contributed by atoms with Crippen molar-refractivity contribution in [3.8, 4) is 5.75 Å². The lowest BCUT2D eigenvalue weighted by Crippen LogP contribution is -2.39. The molecule has 1 amide bonds. The van der Waals surface area contributed by atoms with E-state index in [1.807, 2.05) is 0 Å². The Balaban J connectivity index is 2.05. The highest BCUT2D eigenvalue weighted by atomic mass is 32.2. The van der Waals surface area contributed by atoms with Crippen LogP contribution in [0.4, 0.5) is 0 Å². The van der Waals surface area contributed by atoms with Gasteiger partial charge in [0.05, 0.1) is 19.4 Å². The summed E-state index contributed by atoms with van der Waals surface area (Å²) in [6, 6.07) is 6.68. The Morgan fingerprint density at radius 3 is 2.38 bits per heavy atom. The Morgan fingerprint density at radius 2 is 1.83 bits per heavy atom. The van der Waals surface area contributed by atoms with E-state index in [-0.39, 0.29) is 18.4 Å². The van der Waals surface area contributed by atoms with Crippen LogP contribution in [0.2, 0.25) is 0 Å². The molecule has 7 heteroatoms. The number of carbonyl (C=O) groups excluding carboxylic acids is 1. The molecule has 0 bridgehead atoms. The summed E-state index contributed by atoms with van der Waals surface area (Å²) in [5.74, 6) is 0.558. The van der Waals surface area contributed by atoms with E-state index >= 15 is 0 Å². The highest BCUT2D eigenvalue weighted by Crippen LogP contribution is 2.22. The minimum atomic E-state index is -3.43. The number of hydrogen-bond donors (Lipinski definition) is 2. The molecular formula is C17H26N2O4S. The van der Waals surface area contributed by atoms with E-state index in [4.69, 9.17) is 4.74 Å². The molecule has 0 saturated heterocycles. The lowest BCUT2D eigenvalue weighted by atomic mass is 9.95. The fourth-order valence-corrected chi connectivity index (χ4v) is 3.78. The Labute approximate surface area is 144 Å². The monoisotopic (exact) mass is 354 g/mol. The van der Waals surface area contributed by atoms with E-state index < -0.39 is 16.1 Å². The highest BCUT2D eigenvalue weighted by Gasteiger charge is 2.22. The first-order valence-corrected chi connectivity index (χ1v) is 10.2. The van der Waals surface area contributed by atoms with Gasteiger partial charge in [0.25, 0.3) is 0 Å². The normalized spacial score (nSPS) is 17.2. The summed E-state index contributed by atoms with van der Waals surface area (Å²) >= 11 is 0. The molecule has 0 heterocycles. The zero-order valence-electron chi connectivity index (χ0n) is 14.2. The maximum atomic E-state index is 12.3. The van der Waals surface area contributed by atoms with E-state index in [0.29, 0.717) is 5.75 Å². The van der Waals surface area contributed by atoms with E-state index in [0.717, 1.165) is 37.5 Å². The number of carbonyl (C=O) groups is 1. The Kier molecular flexibility index (Phi) is 6.62. The molecule has 1 aliphatic rings. The number of hydrogen-bond acceptors (Lipinski definition) is 4. The predicted molar refractivity (Wildman–Crippen MR) is 93.3 cm³/mol. The zero-order chi connectivity index (χ0) is 17.6. The van der Waals surface area contributed by atoms with Gasteiger partial charge in [-0.25, -0.2) is 13.1 Å². The number of sulfonamides is 1. The van der Waals surface area contributed by atoms with E-state index in [1.54, 1.807) is 31.4 Å². The predicted octanol–water partition coefficient (Wildman–Crippen LogP) is 2.12. The maximum absolute atomic E-state index is 12.3. The van der Waals surface area contributed by atoms with E-state index in [9.17, 15) is 13.2 Å². The van der Waals surface area contributed by atoms with Crippen LogP contribution >= 0.6 is 0 Å². The average molecular weight is 354 g/mol. The Bertz CT molecular complexity index is 637. The van der Waals surface area contributed by atoms with Crippen molar-refractivity contribution in [1.29, 1.82) is 0 Å². The third-order valence-electron chi connectivity index (χ3n) is 4.23. The summed E-state index contributed by atoms with van der Waals surface area (Å²) in [7, 11) is -1.86. The van der Waals surface area contributed by atoms with Gasteiger partial charge in [0.1, 0.15) is 5.75 Å². The molecule has 2 rings (SSSR count). The van der Waals surface area contributed by atoms with Gasteiger partial charge >= 0.3 is 0 Å². The second-order valence-electron chi connectivity index (χ2n) is 6.32. The minimum absolute atomic E-state index is 0.0793. The fraction of sp³-hybridized carbons (Fsp3) is 0.588. The smallest absolute Gasteiger partial charge is 0.222 e. The number of ether oxygens (including phenoxy) is 1. The molecule has 1 saturated carbocycles. The molecule has 1 aliphatic carbocycles. The van der Waals surface area contributed by atoms with Crippen LogP contribution in [-0.4, -0.2) is 33.7 Å². The molecule has 0 spiro atoms. The Hall–Kier alpha value is -1.60. The van der Waals surface area contributed by atoms with Crippen LogP contribution < -0.4 is 14.8 Å². The molecule has 0 radical (unpaired) electrons. The van der Waals surface area contributed by atoms with Crippen molar-refractivity contribution in [3.05, 3.63) is 29.8 Å². The lowest BCUT2D eigenvalue weighted by Gasteiger charge is -2.24. The van der Waals surface area contributed by atoms with Crippen LogP contribution in [0.15, 0.2) is 24.3 Å². The first-order valence-electron chi connectivity index (χ1n) is 8.28. The van der Waals surface area contributed by atoms with Gasteiger partial charge in [-0.05, 0) is 30.5 Å². The first-order chi connectivity index (χ1) is 11.4. The van der Waals surface area contributed by atoms with Crippen LogP contribution in [0, 0.1) is 0 Å². The molecular weight excluding hydrogens is 328 g/mol. The van der Waals surface area contributed by atoms with Crippen LogP contribution in [-0.2, 0) is 14.8 Å². The van der Waals surface area contributed by atoms with Crippen LogP contribution in [0.1, 0.15) is 50.1 Å². The molecule has 2 N–H and O–H groups in total. The lowest BCUT2D eigenvalue weighted by molar-refractivity contribution is -0.122. The summed E-state index contributed by atoms with van der Waals surface area (Å²) in [4.78, 5) is 12.3. The van der Waals surface area contributed by atoms with Crippen molar-refractivity contribution < 1.29 is 17.9 Å². The average Bonchev–Trinajstić information content (AvgIpc) is 2.54. The summed E-state index contributed by atoms with van der Waals surface area (Å²) in [6.45, 7) is 0. The van der Waals surface area contributed by atoms with Gasteiger partial charge in [-0.15, -0.1) is 0 Å². The van der Waals surface area contributed by atoms with E-state index in [1.165, 1.54) is 6.42 Å². The maximum Gasteiger partial charge on any atom is 0.222 e. The topological polar surface area (TPSA) is 84.5 Å². The fourth-order valence-electron chi connectivity index (χ4n) is 3.04. The minimum Gasteiger partial charge on any atom is -0.497 e. The van der Waals surface area contributed by atoms with Crippen molar-refractivity contribution in [2.75, 3.05) is 13.4 Å². The summed E-state index contributed by atoms with van der Waals surface area (Å²) in [5, 5.41) is 3.03. The summed E-state index contributed by atoms with van der Waals surface area (Å²) in [5.41, 5.74) is 0.736. The first kappa shape index (κ1) is 18.7. The standard InChI is InChI=1S/C17H26N2O4S/c1-23-15-10-8-13(9-11-15)16(19-24(2,21)22)12-17(20)18-14-6-4-3-5-7-14/h8-11,14,16,19H,3-7,12H2,1-2H3,(H,18,20)/t16-/m0/s1. The second-order valence-corrected chi connectivity index (χ2v) is 8.10. The molecule has 1 aromatic carbocycles. The molecule has 134 valence electrons. The van der Waals surface area contributed by atoms with E-state index in [2.05, 4.69) is 10.0 Å². The third-order valence-corrected chi connectivity index (χ3v) is 4.95. The summed E-state index contributed by atoms with van der Waals surface area (Å²) in [6.07, 6.45) is 6.66. The van der Waals surface area contributed by atoms with Crippen molar-refractivity contribution in [2.45, 2.75) is 50.6 Å². The van der Waals surface area contributed by atoms with Crippen LogP contribution in [0.3, 0.4) is 0 Å². The molecule has 1 atom stereocenters. The van der Waals surface area contributed by atoms with Crippen molar-refractivity contribution >= 4 is 15.9 Å². The number of amides is 1. The van der Waals surface area contributed by atoms with Gasteiger partial charge in [0.15, 0.2) is 0 Å². The van der Waals surface area contributed by atoms with Gasteiger partial charge in [0.2, 0.25) is 15.9 Å². The van der Waals surface area contributed by atoms with Crippen LogP contribution in [0.5, 0.6) is 5.75 Å². The summed E-state index contributed by atoms with van der Waals surface area (Å²) < 4.78 is 30.9. The second kappa shape index (κ2) is 8.48. The van der Waals surface area contributed by atoms with Gasteiger partial charge in [0, 0.05) is 12.5 Å². The highest BCUT2D eigenvalue weighted by molar-refractivity contribution is 7.88. The van der Waals surface area contributed by atoms with Crippen LogP contribution in [0.25, 0.3) is 0 Å². The quantitative estimate of drug-likeness (QED) is 0.785. The van der Waals surface area contributed by atoms with Crippen molar-refractivity contribution in [1.82, 2.24) is 10.0 Å². The molecule has 1 aromatic rings. The molecule has 1 fully saturated rings.